The third-order valence-corrected chi connectivity index (χ3v) is 18.3. The zero-order chi connectivity index (χ0) is 51.5. The van der Waals surface area contributed by atoms with Crippen LogP contribution in [0.5, 0.6) is 0 Å². The van der Waals surface area contributed by atoms with Crippen LogP contribution in [0.2, 0.25) is 0 Å². The molecule has 2 aromatic carbocycles. The van der Waals surface area contributed by atoms with E-state index in [2.05, 4.69) is 78.4 Å². The summed E-state index contributed by atoms with van der Waals surface area (Å²) in [4.78, 5) is 47.0. The van der Waals surface area contributed by atoms with Crippen LogP contribution in [0.25, 0.3) is 0 Å². The highest BCUT2D eigenvalue weighted by Gasteiger charge is 2.35. The number of nitrogens with one attached hydrogen (secondary N) is 3. The number of fused-ring (bicyclic) bond motifs is 2. The van der Waals surface area contributed by atoms with Crippen LogP contribution >= 0.6 is 0 Å². The number of benzene rings is 2. The van der Waals surface area contributed by atoms with Gasteiger partial charge in [-0.2, -0.15) is 0 Å². The van der Waals surface area contributed by atoms with Crippen LogP contribution in [0.1, 0.15) is 173 Å². The Morgan fingerprint density at radius 1 is 0.676 bits per heavy atom. The predicted octanol–water partition coefficient (Wildman–Crippen LogP) is 9.76. The molecule has 0 bridgehead atoms. The third-order valence-electron chi connectivity index (χ3n) is 14.9. The first-order valence-corrected chi connectivity index (χ1v) is 29.2. The highest BCUT2D eigenvalue weighted by Crippen LogP contribution is 2.41. The van der Waals surface area contributed by atoms with Crippen LogP contribution in [0, 0.1) is 35.5 Å². The van der Waals surface area contributed by atoms with Crippen molar-refractivity contribution in [2.45, 2.75) is 155 Å². The number of aldehydes is 1. The molecule has 0 spiro atoms. The number of nitrogens with zero attached hydrogens (tertiary/aromatic N) is 3. The smallest absolute Gasteiger partial charge is 0.251 e. The molecule has 13 nitrogen and oxygen atoms in total. The summed E-state index contributed by atoms with van der Waals surface area (Å²) in [5, 5.41) is 9.25. The van der Waals surface area contributed by atoms with Crippen LogP contribution < -0.4 is 16.0 Å². The molecule has 15 heteroatoms. The van der Waals surface area contributed by atoms with Crippen LogP contribution in [0.4, 0.5) is 0 Å². The molecule has 2 unspecified atom stereocenters. The molecule has 2 aliphatic heterocycles. The minimum Gasteiger partial charge on any atom is -0.346 e. The molecule has 3 N–H and O–H groups in total. The number of aromatic nitrogens is 2. The number of pyridine rings is 2. The Balaban J connectivity index is 0.000000202. The number of hydrogen-bond acceptors (Lipinski definition) is 11. The van der Waals surface area contributed by atoms with Crippen LogP contribution in [0.3, 0.4) is 0 Å². The van der Waals surface area contributed by atoms with Crippen molar-refractivity contribution >= 4 is 37.8 Å². The van der Waals surface area contributed by atoms with E-state index in [-0.39, 0.29) is 46.2 Å². The molecular weight excluding hydrogens is 933 g/mol. The van der Waals surface area contributed by atoms with Gasteiger partial charge in [0.25, 0.3) is 11.8 Å². The van der Waals surface area contributed by atoms with Gasteiger partial charge in [-0.1, -0.05) is 93.2 Å². The Bertz CT molecular complexity index is 2640. The highest BCUT2D eigenvalue weighted by molar-refractivity contribution is 7.91. The molecule has 4 aliphatic rings. The second-order valence-corrected chi connectivity index (χ2v) is 25.5. The van der Waals surface area contributed by atoms with Gasteiger partial charge in [0.15, 0.2) is 19.7 Å². The number of hydrogen-bond donors (Lipinski definition) is 3. The van der Waals surface area contributed by atoms with Crippen molar-refractivity contribution in [2.24, 2.45) is 35.5 Å². The summed E-state index contributed by atoms with van der Waals surface area (Å²) in [6.45, 7) is 20.1. The zero-order valence-electron chi connectivity index (χ0n) is 43.2. The Morgan fingerprint density at radius 3 is 1.62 bits per heavy atom. The Labute approximate surface area is 424 Å². The maximum Gasteiger partial charge on any atom is 0.251 e. The van der Waals surface area contributed by atoms with E-state index >= 15 is 0 Å². The summed E-state index contributed by atoms with van der Waals surface area (Å²) in [6.07, 6.45) is 13.9. The summed E-state index contributed by atoms with van der Waals surface area (Å²) in [6, 6.07) is 19.0. The molecule has 4 aromatic rings. The molecule has 71 heavy (non-hydrogen) atoms. The first-order valence-electron chi connectivity index (χ1n) is 25.9. The highest BCUT2D eigenvalue weighted by atomic mass is 32.2. The minimum atomic E-state index is -3.28. The molecule has 2 amide bonds. The summed E-state index contributed by atoms with van der Waals surface area (Å²) in [7, 11) is -6.54. The fraction of sp³-hybridized carbons (Fsp3) is 0.554. The number of sulfone groups is 2. The van der Waals surface area contributed by atoms with Gasteiger partial charge in [-0.05, 0) is 126 Å². The molecule has 4 heterocycles. The fourth-order valence-electron chi connectivity index (χ4n) is 10.3. The third kappa shape index (κ3) is 14.9. The van der Waals surface area contributed by atoms with E-state index in [1.165, 1.54) is 73.7 Å². The molecule has 2 atom stereocenters. The van der Waals surface area contributed by atoms with E-state index in [0.29, 0.717) is 52.4 Å². The molecule has 2 aliphatic carbocycles. The zero-order valence-corrected chi connectivity index (χ0v) is 44.9. The summed E-state index contributed by atoms with van der Waals surface area (Å²) >= 11 is 0. The molecule has 2 saturated carbocycles. The fourth-order valence-corrected chi connectivity index (χ4v) is 12.0. The lowest BCUT2D eigenvalue weighted by Gasteiger charge is -2.34. The molecule has 2 fully saturated rings. The average molecular weight is 1010 g/mol. The molecular formula is C56H78N6O7S2. The molecule has 386 valence electrons. The standard InChI is InChI=1S/C28H39N3O3S.C20H25N3O3S.C8H14O/c1-5-35(33,34)25-12-11-24(29-16-25)15-30-28(32)22-10-13-26-23(14-22)18-31(27(26)19(2)3)17-21-8-6-20(4)7-9-21;1-4-27(25,26)17-7-6-16(21-12-17)11-23-20(24)14-5-8-18-15(9-14)10-22-19(18)13(2)3;1-7-2-4-8(6-9)5-3-7/h10-14,16,19-21,27H,5-9,15,17-18H2,1-4H3,(H,30,32);5-9,12-13,19,22H,4,10-11H2,1-3H3,(H,23,24);6-8H,2-5H2,1H3. The normalized spacial score (nSPS) is 22.1. The van der Waals surface area contributed by atoms with Gasteiger partial charge in [0.2, 0.25) is 0 Å². The first kappa shape index (κ1) is 55.5. The lowest BCUT2D eigenvalue weighted by molar-refractivity contribution is -0.112. The van der Waals surface area contributed by atoms with Gasteiger partial charge in [-0.3, -0.25) is 24.5 Å². The Kier molecular flexibility index (Phi) is 19.7. The molecule has 2 aromatic heterocycles. The van der Waals surface area contributed by atoms with E-state index in [1.54, 1.807) is 32.0 Å². The quantitative estimate of drug-likeness (QED) is 0.0964. The SMILES string of the molecule is CC1CCC(C=O)CC1.CCS(=O)(=O)c1ccc(CNC(=O)c2ccc3c(c2)CN(CC2CCC(C)CC2)C3C(C)C)nc1.CCS(=O)(=O)c1ccc(CNC(=O)c2ccc3c(c2)CNC3C(C)C)nc1. The van der Waals surface area contributed by atoms with E-state index in [4.69, 9.17) is 0 Å². The van der Waals surface area contributed by atoms with Crippen molar-refractivity contribution in [1.82, 2.24) is 30.8 Å². The molecule has 8 rings (SSSR count). The predicted molar refractivity (Wildman–Crippen MR) is 280 cm³/mol. The van der Waals surface area contributed by atoms with Crippen LogP contribution in [0.15, 0.2) is 82.8 Å². The number of rotatable bonds is 15. The summed E-state index contributed by atoms with van der Waals surface area (Å²) in [5.41, 5.74) is 7.55. The van der Waals surface area contributed by atoms with Crippen molar-refractivity contribution in [3.63, 3.8) is 0 Å². The number of carbonyl (C=O) groups excluding carboxylic acids is 3. The monoisotopic (exact) mass is 1010 g/mol. The van der Waals surface area contributed by atoms with E-state index in [0.717, 1.165) is 62.1 Å². The van der Waals surface area contributed by atoms with Gasteiger partial charge in [-0.15, -0.1) is 0 Å². The molecule has 0 saturated heterocycles. The maximum absolute atomic E-state index is 12.9. The van der Waals surface area contributed by atoms with Crippen molar-refractivity contribution < 1.29 is 31.2 Å². The van der Waals surface area contributed by atoms with Crippen molar-refractivity contribution in [3.05, 3.63) is 118 Å². The topological polar surface area (TPSA) is 185 Å². The van der Waals surface area contributed by atoms with E-state index in [1.807, 2.05) is 30.3 Å². The molecule has 0 radical (unpaired) electrons. The maximum atomic E-state index is 12.9. The van der Waals surface area contributed by atoms with E-state index < -0.39 is 19.7 Å². The van der Waals surface area contributed by atoms with Crippen LogP contribution in [-0.2, 0) is 50.6 Å². The van der Waals surface area contributed by atoms with Crippen molar-refractivity contribution in [2.75, 3.05) is 18.1 Å². The van der Waals surface area contributed by atoms with Gasteiger partial charge < -0.3 is 20.7 Å². The summed E-state index contributed by atoms with van der Waals surface area (Å²) in [5.74, 6) is 3.67. The Hall–Kier alpha value is -4.83. The largest absolute Gasteiger partial charge is 0.346 e. The summed E-state index contributed by atoms with van der Waals surface area (Å²) < 4.78 is 47.5. The van der Waals surface area contributed by atoms with Crippen LogP contribution in [-0.4, -0.2) is 67.9 Å². The number of carbonyl (C=O) groups is 3. The second-order valence-electron chi connectivity index (χ2n) is 21.0. The van der Waals surface area contributed by atoms with E-state index in [9.17, 15) is 31.2 Å². The van der Waals surface area contributed by atoms with Gasteiger partial charge in [0.1, 0.15) is 6.29 Å². The lowest BCUT2D eigenvalue weighted by Crippen LogP contribution is -2.32. The van der Waals surface area contributed by atoms with Gasteiger partial charge >= 0.3 is 0 Å². The van der Waals surface area contributed by atoms with Gasteiger partial charge in [0.05, 0.1) is 45.8 Å². The Morgan fingerprint density at radius 2 is 1.17 bits per heavy atom. The second kappa shape index (κ2) is 25.2. The number of amides is 2. The minimum absolute atomic E-state index is 0.0373. The average Bonchev–Trinajstić information content (AvgIpc) is 3.97. The first-order chi connectivity index (χ1) is 33.8. The van der Waals surface area contributed by atoms with Crippen molar-refractivity contribution in [3.8, 4) is 0 Å². The van der Waals surface area contributed by atoms with Gasteiger partial charge in [0, 0.05) is 61.2 Å². The van der Waals surface area contributed by atoms with Gasteiger partial charge in [-0.25, -0.2) is 16.8 Å². The lowest BCUT2D eigenvalue weighted by atomic mass is 9.82. The van der Waals surface area contributed by atoms with Crippen molar-refractivity contribution in [1.29, 1.82) is 0 Å².